The Hall–Kier alpha value is -1.81. The zero-order valence-corrected chi connectivity index (χ0v) is 14.2. The monoisotopic (exact) mass is 315 g/mol. The average molecular weight is 315 g/mol. The maximum absolute atomic E-state index is 10.7. The van der Waals surface area contributed by atoms with Gasteiger partial charge in [0.15, 0.2) is 0 Å². The van der Waals surface area contributed by atoms with Gasteiger partial charge in [-0.2, -0.15) is 0 Å². The highest BCUT2D eigenvalue weighted by molar-refractivity contribution is 7.98. The number of hydrogen-bond donors (Lipinski definition) is 0. The Labute approximate surface area is 135 Å². The standard InChI is InChI=1S/C18H21NO2S/c1-13-5-8-15(18(2,3)4)11-17(13)22-12-14-6-9-16(10-7-14)19(20)21/h5-11H,12H2,1-4H3. The molecule has 116 valence electrons. The molecule has 2 aromatic carbocycles. The smallest absolute Gasteiger partial charge is 0.258 e. The van der Waals surface area contributed by atoms with E-state index in [-0.39, 0.29) is 16.0 Å². The van der Waals surface area contributed by atoms with E-state index in [1.165, 1.54) is 16.0 Å². The first-order valence-electron chi connectivity index (χ1n) is 7.24. The molecule has 0 N–H and O–H groups in total. The van der Waals surface area contributed by atoms with Crippen LogP contribution in [0.25, 0.3) is 0 Å². The quantitative estimate of drug-likeness (QED) is 0.425. The van der Waals surface area contributed by atoms with Crippen molar-refractivity contribution in [1.82, 2.24) is 0 Å². The molecule has 0 saturated heterocycles. The normalized spacial score (nSPS) is 11.5. The van der Waals surface area contributed by atoms with E-state index < -0.39 is 0 Å². The first-order valence-corrected chi connectivity index (χ1v) is 8.23. The number of non-ortho nitro benzene ring substituents is 1. The fraction of sp³-hybridized carbons (Fsp3) is 0.333. The zero-order chi connectivity index (χ0) is 16.3. The average Bonchev–Trinajstić information content (AvgIpc) is 2.45. The molecule has 0 heterocycles. The number of nitrogens with zero attached hydrogens (tertiary/aromatic N) is 1. The van der Waals surface area contributed by atoms with Gasteiger partial charge in [-0.3, -0.25) is 10.1 Å². The van der Waals surface area contributed by atoms with E-state index in [1.807, 2.05) is 12.1 Å². The molecule has 0 aliphatic carbocycles. The van der Waals surface area contributed by atoms with Crippen LogP contribution in [0, 0.1) is 17.0 Å². The predicted octanol–water partition coefficient (Wildman–Crippen LogP) is 5.49. The molecule has 0 amide bonds. The summed E-state index contributed by atoms with van der Waals surface area (Å²) >= 11 is 1.77. The van der Waals surface area contributed by atoms with Crippen LogP contribution in [0.3, 0.4) is 0 Å². The summed E-state index contributed by atoms with van der Waals surface area (Å²) in [6, 6.07) is 13.4. The van der Waals surface area contributed by atoms with Crippen LogP contribution in [0.15, 0.2) is 47.4 Å². The fourth-order valence-corrected chi connectivity index (χ4v) is 3.12. The summed E-state index contributed by atoms with van der Waals surface area (Å²) in [5.74, 6) is 0.812. The van der Waals surface area contributed by atoms with Crippen molar-refractivity contribution in [2.24, 2.45) is 0 Å². The van der Waals surface area contributed by atoms with E-state index in [1.54, 1.807) is 23.9 Å². The molecule has 2 rings (SSSR count). The second-order valence-electron chi connectivity index (χ2n) is 6.44. The molecule has 0 atom stereocenters. The molecule has 0 fully saturated rings. The third-order valence-corrected chi connectivity index (χ3v) is 4.82. The molecule has 2 aromatic rings. The van der Waals surface area contributed by atoms with Gasteiger partial charge in [0.05, 0.1) is 4.92 Å². The molecule has 0 bridgehead atoms. The first-order chi connectivity index (χ1) is 10.3. The van der Waals surface area contributed by atoms with Crippen LogP contribution in [-0.4, -0.2) is 4.92 Å². The fourth-order valence-electron chi connectivity index (χ4n) is 2.10. The third kappa shape index (κ3) is 4.10. The lowest BCUT2D eigenvalue weighted by Crippen LogP contribution is -2.11. The predicted molar refractivity (Wildman–Crippen MR) is 92.5 cm³/mol. The summed E-state index contributed by atoms with van der Waals surface area (Å²) in [5, 5.41) is 10.7. The van der Waals surface area contributed by atoms with Crippen LogP contribution in [0.4, 0.5) is 5.69 Å². The van der Waals surface area contributed by atoms with Crippen molar-refractivity contribution in [2.75, 3.05) is 0 Å². The highest BCUT2D eigenvalue weighted by atomic mass is 32.2. The Morgan fingerprint density at radius 2 is 1.73 bits per heavy atom. The van der Waals surface area contributed by atoms with Gasteiger partial charge in [0.25, 0.3) is 5.69 Å². The van der Waals surface area contributed by atoms with Gasteiger partial charge in [0.1, 0.15) is 0 Å². The Balaban J connectivity index is 2.12. The molecule has 0 radical (unpaired) electrons. The molecule has 0 aliphatic rings. The number of rotatable bonds is 4. The molecular formula is C18H21NO2S. The van der Waals surface area contributed by atoms with Gasteiger partial charge < -0.3 is 0 Å². The highest BCUT2D eigenvalue weighted by Gasteiger charge is 2.15. The second kappa shape index (κ2) is 6.53. The maximum atomic E-state index is 10.7. The number of nitro groups is 1. The van der Waals surface area contributed by atoms with Gasteiger partial charge >= 0.3 is 0 Å². The summed E-state index contributed by atoms with van der Waals surface area (Å²) in [7, 11) is 0. The lowest BCUT2D eigenvalue weighted by atomic mass is 9.87. The number of nitro benzene ring substituents is 1. The van der Waals surface area contributed by atoms with Gasteiger partial charge in [0.2, 0.25) is 0 Å². The van der Waals surface area contributed by atoms with E-state index in [9.17, 15) is 10.1 Å². The zero-order valence-electron chi connectivity index (χ0n) is 13.4. The van der Waals surface area contributed by atoms with E-state index in [0.29, 0.717) is 0 Å². The summed E-state index contributed by atoms with van der Waals surface area (Å²) in [6.45, 7) is 8.75. The SMILES string of the molecule is Cc1ccc(C(C)(C)C)cc1SCc1ccc([N+](=O)[O-])cc1. The number of benzene rings is 2. The molecule has 4 heteroatoms. The number of hydrogen-bond acceptors (Lipinski definition) is 3. The largest absolute Gasteiger partial charge is 0.269 e. The summed E-state index contributed by atoms with van der Waals surface area (Å²) in [6.07, 6.45) is 0. The first kappa shape index (κ1) is 16.6. The molecule has 0 unspecified atom stereocenters. The second-order valence-corrected chi connectivity index (χ2v) is 7.46. The number of aryl methyl sites for hydroxylation is 1. The van der Waals surface area contributed by atoms with Crippen LogP contribution in [-0.2, 0) is 11.2 Å². The van der Waals surface area contributed by atoms with Gasteiger partial charge in [-0.1, -0.05) is 45.0 Å². The number of thioether (sulfide) groups is 1. The van der Waals surface area contributed by atoms with E-state index in [0.717, 1.165) is 11.3 Å². The third-order valence-electron chi connectivity index (χ3n) is 3.60. The van der Waals surface area contributed by atoms with Crippen LogP contribution < -0.4 is 0 Å². The van der Waals surface area contributed by atoms with Crippen molar-refractivity contribution < 1.29 is 4.92 Å². The van der Waals surface area contributed by atoms with Crippen molar-refractivity contribution >= 4 is 17.4 Å². The highest BCUT2D eigenvalue weighted by Crippen LogP contribution is 2.31. The summed E-state index contributed by atoms with van der Waals surface area (Å²) < 4.78 is 0. The van der Waals surface area contributed by atoms with Crippen molar-refractivity contribution in [1.29, 1.82) is 0 Å². The van der Waals surface area contributed by atoms with Crippen LogP contribution in [0.1, 0.15) is 37.5 Å². The Kier molecular flexibility index (Phi) is 4.91. The summed E-state index contributed by atoms with van der Waals surface area (Å²) in [5.41, 5.74) is 3.95. The lowest BCUT2D eigenvalue weighted by molar-refractivity contribution is -0.384. The van der Waals surface area contributed by atoms with Gasteiger partial charge in [-0.25, -0.2) is 0 Å². The Morgan fingerprint density at radius 3 is 2.27 bits per heavy atom. The van der Waals surface area contributed by atoms with Crippen LogP contribution in [0.2, 0.25) is 0 Å². The van der Waals surface area contributed by atoms with E-state index in [2.05, 4.69) is 45.9 Å². The minimum absolute atomic E-state index is 0.135. The van der Waals surface area contributed by atoms with E-state index in [4.69, 9.17) is 0 Å². The molecule has 3 nitrogen and oxygen atoms in total. The lowest BCUT2D eigenvalue weighted by Gasteiger charge is -2.20. The Bertz CT molecular complexity index is 672. The molecule has 22 heavy (non-hydrogen) atoms. The van der Waals surface area contributed by atoms with Gasteiger partial charge in [-0.15, -0.1) is 11.8 Å². The molecular weight excluding hydrogens is 294 g/mol. The molecule has 0 aliphatic heterocycles. The Morgan fingerprint density at radius 1 is 1.09 bits per heavy atom. The van der Waals surface area contributed by atoms with E-state index >= 15 is 0 Å². The van der Waals surface area contributed by atoms with Gasteiger partial charge in [-0.05, 0) is 35.1 Å². The summed E-state index contributed by atoms with van der Waals surface area (Å²) in [4.78, 5) is 11.6. The van der Waals surface area contributed by atoms with Crippen LogP contribution in [0.5, 0.6) is 0 Å². The maximum Gasteiger partial charge on any atom is 0.269 e. The van der Waals surface area contributed by atoms with Gasteiger partial charge in [0, 0.05) is 22.8 Å². The topological polar surface area (TPSA) is 43.1 Å². The minimum Gasteiger partial charge on any atom is -0.258 e. The molecule has 0 saturated carbocycles. The van der Waals surface area contributed by atoms with Crippen molar-refractivity contribution in [3.8, 4) is 0 Å². The van der Waals surface area contributed by atoms with Crippen LogP contribution >= 0.6 is 11.8 Å². The minimum atomic E-state index is -0.367. The molecule has 0 spiro atoms. The van der Waals surface area contributed by atoms with Crippen molar-refractivity contribution in [2.45, 2.75) is 43.8 Å². The van der Waals surface area contributed by atoms with Crippen molar-refractivity contribution in [3.05, 3.63) is 69.3 Å². The van der Waals surface area contributed by atoms with Crippen molar-refractivity contribution in [3.63, 3.8) is 0 Å². The molecule has 0 aromatic heterocycles.